The second-order valence-corrected chi connectivity index (χ2v) is 6.12. The molecule has 0 fully saturated rings. The number of benzene rings is 1. The zero-order chi connectivity index (χ0) is 16.4. The third-order valence-corrected chi connectivity index (χ3v) is 4.50. The molecule has 5 heteroatoms. The first-order valence-corrected chi connectivity index (χ1v) is 8.64. The van der Waals surface area contributed by atoms with Gasteiger partial charge in [0, 0.05) is 7.05 Å². The number of thioether (sulfide) groups is 1. The Morgan fingerprint density at radius 1 is 1.18 bits per heavy atom. The Bertz CT molecular complexity index is 741. The maximum atomic E-state index is 12.6. The van der Waals surface area contributed by atoms with Gasteiger partial charge in [-0.15, -0.1) is 11.8 Å². The van der Waals surface area contributed by atoms with Crippen LogP contribution in [0.1, 0.15) is 30.5 Å². The molecule has 0 bridgehead atoms. The van der Waals surface area contributed by atoms with Crippen LogP contribution in [0.15, 0.2) is 22.0 Å². The average Bonchev–Trinajstić information content (AvgIpc) is 2.51. The van der Waals surface area contributed by atoms with Crippen LogP contribution >= 0.6 is 11.8 Å². The molecule has 1 N–H and O–H groups in total. The van der Waals surface area contributed by atoms with Crippen molar-refractivity contribution in [2.45, 2.75) is 38.6 Å². The van der Waals surface area contributed by atoms with Crippen molar-refractivity contribution in [3.8, 4) is 16.9 Å². The van der Waals surface area contributed by atoms with Crippen LogP contribution in [0.25, 0.3) is 11.1 Å². The van der Waals surface area contributed by atoms with E-state index < -0.39 is 0 Å². The van der Waals surface area contributed by atoms with Crippen LogP contribution < -0.4 is 5.56 Å². The average molecular weight is 318 g/mol. The molecule has 0 amide bonds. The van der Waals surface area contributed by atoms with Crippen LogP contribution in [-0.2, 0) is 19.9 Å². The maximum Gasteiger partial charge on any atom is 0.278 e. The van der Waals surface area contributed by atoms with E-state index in [0.717, 1.165) is 29.5 Å². The Balaban J connectivity index is 2.94. The summed E-state index contributed by atoms with van der Waals surface area (Å²) in [6, 6.07) is 4.18. The SMILES string of the molecule is CCc1cc(C)cc(CC)c1-c1c(O)c(SC)nn(C)c1=O. The van der Waals surface area contributed by atoms with Gasteiger partial charge in [-0.2, -0.15) is 5.10 Å². The lowest BCUT2D eigenvalue weighted by atomic mass is 9.90. The Hall–Kier alpha value is -1.75. The van der Waals surface area contributed by atoms with Gasteiger partial charge in [0.2, 0.25) is 0 Å². The summed E-state index contributed by atoms with van der Waals surface area (Å²) in [4.78, 5) is 12.6. The van der Waals surface area contributed by atoms with E-state index in [4.69, 9.17) is 0 Å². The molecule has 4 nitrogen and oxygen atoms in total. The lowest BCUT2D eigenvalue weighted by Gasteiger charge is -2.17. The number of hydrogen-bond acceptors (Lipinski definition) is 4. The highest BCUT2D eigenvalue weighted by Crippen LogP contribution is 2.37. The molecule has 0 aliphatic carbocycles. The fourth-order valence-corrected chi connectivity index (χ4v) is 3.28. The van der Waals surface area contributed by atoms with Crippen molar-refractivity contribution in [1.82, 2.24) is 9.78 Å². The molecule has 0 aliphatic rings. The topological polar surface area (TPSA) is 55.1 Å². The lowest BCUT2D eigenvalue weighted by Crippen LogP contribution is -2.23. The molecule has 118 valence electrons. The Kier molecular flexibility index (Phi) is 4.96. The zero-order valence-corrected chi connectivity index (χ0v) is 14.5. The summed E-state index contributed by atoms with van der Waals surface area (Å²) in [6.45, 7) is 6.19. The third-order valence-electron chi connectivity index (χ3n) is 3.84. The molecule has 0 spiro atoms. The number of hydrogen-bond donors (Lipinski definition) is 1. The number of rotatable bonds is 4. The van der Waals surface area contributed by atoms with Gasteiger partial charge in [-0.1, -0.05) is 31.5 Å². The van der Waals surface area contributed by atoms with Crippen LogP contribution in [-0.4, -0.2) is 21.1 Å². The van der Waals surface area contributed by atoms with Gasteiger partial charge in [0.1, 0.15) is 0 Å². The normalized spacial score (nSPS) is 11.0. The first-order chi connectivity index (χ1) is 10.4. The smallest absolute Gasteiger partial charge is 0.278 e. The van der Waals surface area contributed by atoms with E-state index in [2.05, 4.69) is 38.0 Å². The summed E-state index contributed by atoms with van der Waals surface area (Å²) in [5.74, 6) is -0.0103. The van der Waals surface area contributed by atoms with Gasteiger partial charge in [0.15, 0.2) is 10.8 Å². The minimum atomic E-state index is -0.261. The molecule has 2 aromatic rings. The van der Waals surface area contributed by atoms with E-state index in [9.17, 15) is 9.90 Å². The summed E-state index contributed by atoms with van der Waals surface area (Å²) < 4.78 is 1.31. The second-order valence-electron chi connectivity index (χ2n) is 5.33. The molecular weight excluding hydrogens is 296 g/mol. The van der Waals surface area contributed by atoms with Crippen molar-refractivity contribution in [2.24, 2.45) is 7.05 Å². The van der Waals surface area contributed by atoms with E-state index in [1.54, 1.807) is 7.05 Å². The Morgan fingerprint density at radius 3 is 2.18 bits per heavy atom. The molecule has 0 saturated heterocycles. The quantitative estimate of drug-likeness (QED) is 0.879. The van der Waals surface area contributed by atoms with Gasteiger partial charge < -0.3 is 5.11 Å². The number of aromatic hydroxyl groups is 1. The highest BCUT2D eigenvalue weighted by molar-refractivity contribution is 7.98. The van der Waals surface area contributed by atoms with Crippen LogP contribution in [0, 0.1) is 6.92 Å². The van der Waals surface area contributed by atoms with Gasteiger partial charge in [0.25, 0.3) is 5.56 Å². The van der Waals surface area contributed by atoms with Crippen LogP contribution in [0.3, 0.4) is 0 Å². The van der Waals surface area contributed by atoms with Gasteiger partial charge in [-0.05, 0) is 42.7 Å². The molecular formula is C17H22N2O2S. The molecule has 0 aliphatic heterocycles. The van der Waals surface area contributed by atoms with Gasteiger partial charge in [-0.25, -0.2) is 4.68 Å². The minimum absolute atomic E-state index is 0.0103. The highest BCUT2D eigenvalue weighted by atomic mass is 32.2. The van der Waals surface area contributed by atoms with E-state index in [1.807, 2.05) is 6.26 Å². The highest BCUT2D eigenvalue weighted by Gasteiger charge is 2.21. The first kappa shape index (κ1) is 16.6. The standard InChI is InChI=1S/C17H22N2O2S/c1-6-11-8-10(3)9-12(7-2)13(11)14-15(20)16(22-5)18-19(4)17(14)21/h8-9,20H,6-7H2,1-5H3. The van der Waals surface area contributed by atoms with Crippen LogP contribution in [0.4, 0.5) is 0 Å². The number of aryl methyl sites for hydroxylation is 4. The van der Waals surface area contributed by atoms with Crippen molar-refractivity contribution in [1.29, 1.82) is 0 Å². The number of aromatic nitrogens is 2. The summed E-state index contributed by atoms with van der Waals surface area (Å²) in [7, 11) is 1.62. The summed E-state index contributed by atoms with van der Waals surface area (Å²) in [5, 5.41) is 15.2. The third kappa shape index (κ3) is 2.77. The summed E-state index contributed by atoms with van der Waals surface area (Å²) in [6.07, 6.45) is 3.46. The molecule has 1 aromatic heterocycles. The minimum Gasteiger partial charge on any atom is -0.504 e. The monoisotopic (exact) mass is 318 g/mol. The van der Waals surface area contributed by atoms with Gasteiger partial charge in [-0.3, -0.25) is 4.79 Å². The van der Waals surface area contributed by atoms with Crippen molar-refractivity contribution >= 4 is 11.8 Å². The molecule has 0 atom stereocenters. The zero-order valence-electron chi connectivity index (χ0n) is 13.7. The van der Waals surface area contributed by atoms with Crippen LogP contribution in [0.5, 0.6) is 5.75 Å². The van der Waals surface area contributed by atoms with Gasteiger partial charge in [0.05, 0.1) is 5.56 Å². The van der Waals surface area contributed by atoms with E-state index in [-0.39, 0.29) is 11.3 Å². The molecule has 0 saturated carbocycles. The molecule has 0 radical (unpaired) electrons. The Morgan fingerprint density at radius 2 is 1.73 bits per heavy atom. The molecule has 2 rings (SSSR count). The number of nitrogens with zero attached hydrogens (tertiary/aromatic N) is 2. The van der Waals surface area contributed by atoms with Crippen molar-refractivity contribution in [3.05, 3.63) is 39.2 Å². The molecule has 1 aromatic carbocycles. The predicted molar refractivity (Wildman–Crippen MR) is 91.9 cm³/mol. The fraction of sp³-hybridized carbons (Fsp3) is 0.412. The second kappa shape index (κ2) is 6.57. The van der Waals surface area contributed by atoms with Gasteiger partial charge >= 0.3 is 0 Å². The first-order valence-electron chi connectivity index (χ1n) is 7.41. The Labute approximate surface area is 135 Å². The molecule has 1 heterocycles. The van der Waals surface area contributed by atoms with Crippen molar-refractivity contribution in [2.75, 3.05) is 6.26 Å². The van der Waals surface area contributed by atoms with Crippen LogP contribution in [0.2, 0.25) is 0 Å². The predicted octanol–water partition coefficient (Wildman–Crippen LogP) is 3.31. The summed E-state index contributed by atoms with van der Waals surface area (Å²) >= 11 is 1.34. The van der Waals surface area contributed by atoms with E-state index >= 15 is 0 Å². The lowest BCUT2D eigenvalue weighted by molar-refractivity contribution is 0.446. The van der Waals surface area contributed by atoms with Crippen molar-refractivity contribution in [3.63, 3.8) is 0 Å². The maximum absolute atomic E-state index is 12.6. The summed E-state index contributed by atoms with van der Waals surface area (Å²) in [5.41, 5.74) is 4.32. The fourth-order valence-electron chi connectivity index (χ4n) is 2.78. The largest absolute Gasteiger partial charge is 0.504 e. The van der Waals surface area contributed by atoms with Crippen molar-refractivity contribution < 1.29 is 5.11 Å². The molecule has 0 unspecified atom stereocenters. The molecule has 22 heavy (non-hydrogen) atoms. The van der Waals surface area contributed by atoms with E-state index in [1.165, 1.54) is 22.0 Å². The van der Waals surface area contributed by atoms with E-state index in [0.29, 0.717) is 10.6 Å².